The van der Waals surface area contributed by atoms with Crippen molar-refractivity contribution in [3.05, 3.63) is 33.2 Å². The Hall–Kier alpha value is -0.490. The highest BCUT2D eigenvalue weighted by molar-refractivity contribution is 9.28. The highest BCUT2D eigenvalue weighted by Crippen LogP contribution is 2.42. The molecule has 15 heavy (non-hydrogen) atoms. The second-order valence-corrected chi connectivity index (χ2v) is 5.37. The molecule has 6 heteroatoms. The third kappa shape index (κ3) is 2.98. The predicted octanol–water partition coefficient (Wildman–Crippen LogP) is 4.29. The van der Waals surface area contributed by atoms with Gasteiger partial charge < -0.3 is 5.73 Å². The summed E-state index contributed by atoms with van der Waals surface area (Å²) in [5, 5.41) is 0. The number of nitrogen functional groups attached to an aromatic ring is 1. The zero-order chi connectivity index (χ0) is 11.6. The van der Waals surface area contributed by atoms with Crippen LogP contribution in [0.1, 0.15) is 5.56 Å². The number of benzene rings is 1. The van der Waals surface area contributed by atoms with Gasteiger partial charge in [0.15, 0.2) is 0 Å². The van der Waals surface area contributed by atoms with Gasteiger partial charge in [0.05, 0.1) is 8.96 Å². The molecule has 0 amide bonds. The molecule has 1 aromatic rings. The molecule has 0 saturated carbocycles. The standard InChI is InChI=1S/C9H6Br2F3N/c10-8(11)7(9(12,13)14)5-3-1-2-4-6(5)15/h1-4H,15H2. The van der Waals surface area contributed by atoms with Crippen LogP contribution in [0.4, 0.5) is 18.9 Å². The number of nitrogens with two attached hydrogens (primary N) is 1. The Kier molecular flexibility index (Phi) is 3.83. The smallest absolute Gasteiger partial charge is 0.398 e. The molecule has 1 nitrogen and oxygen atoms in total. The van der Waals surface area contributed by atoms with E-state index >= 15 is 0 Å². The number of halogens is 5. The lowest BCUT2D eigenvalue weighted by Gasteiger charge is -2.14. The Morgan fingerprint density at radius 3 is 2.07 bits per heavy atom. The first-order valence-electron chi connectivity index (χ1n) is 3.81. The van der Waals surface area contributed by atoms with E-state index in [0.717, 1.165) is 0 Å². The van der Waals surface area contributed by atoms with E-state index in [-0.39, 0.29) is 14.6 Å². The van der Waals surface area contributed by atoms with E-state index in [0.29, 0.717) is 0 Å². The van der Waals surface area contributed by atoms with Crippen molar-refractivity contribution in [2.24, 2.45) is 0 Å². The topological polar surface area (TPSA) is 26.0 Å². The molecule has 1 aromatic carbocycles. The lowest BCUT2D eigenvalue weighted by Crippen LogP contribution is -2.12. The fraction of sp³-hybridized carbons (Fsp3) is 0.111. The lowest BCUT2D eigenvalue weighted by atomic mass is 10.1. The van der Waals surface area contributed by atoms with Crippen molar-refractivity contribution >= 4 is 43.1 Å². The summed E-state index contributed by atoms with van der Waals surface area (Å²) in [5.41, 5.74) is 4.70. The van der Waals surface area contributed by atoms with Crippen molar-refractivity contribution in [3.63, 3.8) is 0 Å². The molecule has 0 aliphatic carbocycles. The van der Waals surface area contributed by atoms with Gasteiger partial charge in [-0.15, -0.1) is 0 Å². The minimum absolute atomic E-state index is 0.0475. The predicted molar refractivity (Wildman–Crippen MR) is 61.7 cm³/mol. The number of anilines is 1. The highest BCUT2D eigenvalue weighted by atomic mass is 79.9. The SMILES string of the molecule is Nc1ccccc1C(=C(Br)Br)C(F)(F)F. The second-order valence-electron chi connectivity index (χ2n) is 2.72. The average Bonchev–Trinajstić information content (AvgIpc) is 2.05. The molecule has 1 rings (SSSR count). The van der Waals surface area contributed by atoms with Crippen molar-refractivity contribution in [3.8, 4) is 0 Å². The lowest BCUT2D eigenvalue weighted by molar-refractivity contribution is -0.0688. The summed E-state index contributed by atoms with van der Waals surface area (Å²) in [5.74, 6) is 0. The van der Waals surface area contributed by atoms with Crippen molar-refractivity contribution in [1.29, 1.82) is 0 Å². The second kappa shape index (κ2) is 4.57. The number of allylic oxidation sites excluding steroid dienone is 1. The van der Waals surface area contributed by atoms with E-state index in [1.54, 1.807) is 6.07 Å². The molecular weight excluding hydrogens is 339 g/mol. The van der Waals surface area contributed by atoms with Crippen LogP contribution in [0.3, 0.4) is 0 Å². The molecule has 0 aliphatic heterocycles. The molecule has 0 radical (unpaired) electrons. The zero-order valence-electron chi connectivity index (χ0n) is 7.28. The molecule has 0 bridgehead atoms. The fourth-order valence-corrected chi connectivity index (χ4v) is 1.96. The minimum Gasteiger partial charge on any atom is -0.398 e. The van der Waals surface area contributed by atoms with Crippen LogP contribution in [-0.4, -0.2) is 6.18 Å². The van der Waals surface area contributed by atoms with Gasteiger partial charge in [-0.3, -0.25) is 0 Å². The number of alkyl halides is 3. The molecule has 0 aliphatic rings. The van der Waals surface area contributed by atoms with E-state index in [2.05, 4.69) is 31.9 Å². The summed E-state index contributed by atoms with van der Waals surface area (Å²) in [4.78, 5) is 0. The maximum Gasteiger partial charge on any atom is 0.418 e. The third-order valence-electron chi connectivity index (χ3n) is 1.70. The normalized spacial score (nSPS) is 11.3. The summed E-state index contributed by atoms with van der Waals surface area (Å²) in [6.45, 7) is 0. The van der Waals surface area contributed by atoms with Crippen LogP contribution in [0, 0.1) is 0 Å². The molecule has 0 aromatic heterocycles. The summed E-state index contributed by atoms with van der Waals surface area (Å²) in [6.07, 6.45) is -4.46. The van der Waals surface area contributed by atoms with Gasteiger partial charge in [-0.05, 0) is 37.9 Å². The van der Waals surface area contributed by atoms with Gasteiger partial charge in [0.2, 0.25) is 0 Å². The minimum atomic E-state index is -4.46. The van der Waals surface area contributed by atoms with E-state index in [4.69, 9.17) is 5.73 Å². The number of rotatable bonds is 1. The van der Waals surface area contributed by atoms with Gasteiger partial charge in [-0.1, -0.05) is 18.2 Å². The molecule has 0 spiro atoms. The van der Waals surface area contributed by atoms with E-state index < -0.39 is 11.7 Å². The Bertz CT molecular complexity index is 395. The Balaban J connectivity index is 3.38. The monoisotopic (exact) mass is 343 g/mol. The van der Waals surface area contributed by atoms with Crippen LogP contribution in [-0.2, 0) is 0 Å². The molecule has 0 fully saturated rings. The summed E-state index contributed by atoms with van der Waals surface area (Å²) < 4.78 is 37.8. The molecule has 0 heterocycles. The Morgan fingerprint density at radius 1 is 1.13 bits per heavy atom. The Labute approximate surface area is 101 Å². The average molecular weight is 345 g/mol. The molecule has 0 saturated heterocycles. The number of hydrogen-bond donors (Lipinski definition) is 1. The largest absolute Gasteiger partial charge is 0.418 e. The van der Waals surface area contributed by atoms with E-state index in [9.17, 15) is 13.2 Å². The molecule has 0 unspecified atom stereocenters. The molecule has 82 valence electrons. The maximum atomic E-state index is 12.7. The first kappa shape index (κ1) is 12.6. The van der Waals surface area contributed by atoms with Gasteiger partial charge >= 0.3 is 6.18 Å². The molecule has 0 atom stereocenters. The van der Waals surface area contributed by atoms with Crippen LogP contribution in [0.15, 0.2) is 27.7 Å². The van der Waals surface area contributed by atoms with Gasteiger partial charge in [0.1, 0.15) is 0 Å². The number of para-hydroxylation sites is 1. The van der Waals surface area contributed by atoms with E-state index in [1.165, 1.54) is 18.2 Å². The number of hydrogen-bond acceptors (Lipinski definition) is 1. The van der Waals surface area contributed by atoms with Gasteiger partial charge in [0, 0.05) is 11.3 Å². The molecular formula is C9H6Br2F3N. The van der Waals surface area contributed by atoms with Crippen LogP contribution < -0.4 is 5.73 Å². The highest BCUT2D eigenvalue weighted by Gasteiger charge is 2.37. The summed E-state index contributed by atoms with van der Waals surface area (Å²) in [6, 6.07) is 5.82. The summed E-state index contributed by atoms with van der Waals surface area (Å²) in [7, 11) is 0. The quantitative estimate of drug-likeness (QED) is 0.755. The molecule has 2 N–H and O–H groups in total. The van der Waals surface area contributed by atoms with Gasteiger partial charge in [-0.2, -0.15) is 13.2 Å². The fourth-order valence-electron chi connectivity index (χ4n) is 1.09. The summed E-state index contributed by atoms with van der Waals surface area (Å²) >= 11 is 5.54. The van der Waals surface area contributed by atoms with Gasteiger partial charge in [0.25, 0.3) is 0 Å². The maximum absolute atomic E-state index is 12.7. The third-order valence-corrected chi connectivity index (χ3v) is 2.50. The van der Waals surface area contributed by atoms with Crippen LogP contribution in [0.2, 0.25) is 0 Å². The van der Waals surface area contributed by atoms with Crippen LogP contribution in [0.5, 0.6) is 0 Å². The first-order valence-corrected chi connectivity index (χ1v) is 5.40. The van der Waals surface area contributed by atoms with E-state index in [1.807, 2.05) is 0 Å². The van der Waals surface area contributed by atoms with Crippen molar-refractivity contribution in [2.75, 3.05) is 5.73 Å². The van der Waals surface area contributed by atoms with Crippen molar-refractivity contribution < 1.29 is 13.2 Å². The van der Waals surface area contributed by atoms with Gasteiger partial charge in [-0.25, -0.2) is 0 Å². The zero-order valence-corrected chi connectivity index (χ0v) is 10.4. The first-order chi connectivity index (χ1) is 6.84. The van der Waals surface area contributed by atoms with Crippen LogP contribution in [0.25, 0.3) is 5.57 Å². The van der Waals surface area contributed by atoms with Crippen molar-refractivity contribution in [2.45, 2.75) is 6.18 Å². The Morgan fingerprint density at radius 2 is 1.67 bits per heavy atom. The van der Waals surface area contributed by atoms with Crippen molar-refractivity contribution in [1.82, 2.24) is 0 Å². The van der Waals surface area contributed by atoms with Crippen LogP contribution >= 0.6 is 31.9 Å².